The van der Waals surface area contributed by atoms with Crippen LogP contribution in [0.4, 0.5) is 0 Å². The molecule has 0 saturated carbocycles. The van der Waals surface area contributed by atoms with E-state index in [-0.39, 0.29) is 24.4 Å². The standard InChI is InChI=1S/C14H28N2O2.ClH/c1-11(2)8-12(3)18-7-5-14(17)16-6-4-13(9-15)10-16;/h11-13H,4-10,15H2,1-3H3;1H. The van der Waals surface area contributed by atoms with Crippen LogP contribution < -0.4 is 5.73 Å². The van der Waals surface area contributed by atoms with Crippen molar-refractivity contribution in [3.05, 3.63) is 0 Å². The maximum atomic E-state index is 11.9. The van der Waals surface area contributed by atoms with Crippen LogP contribution in [0.2, 0.25) is 0 Å². The van der Waals surface area contributed by atoms with Gasteiger partial charge in [-0.25, -0.2) is 0 Å². The first-order valence-corrected chi connectivity index (χ1v) is 7.12. The molecule has 0 bridgehead atoms. The Kier molecular flexibility index (Phi) is 9.40. The fraction of sp³-hybridized carbons (Fsp3) is 0.929. The maximum Gasteiger partial charge on any atom is 0.224 e. The monoisotopic (exact) mass is 292 g/mol. The van der Waals surface area contributed by atoms with Gasteiger partial charge in [0.1, 0.15) is 0 Å². The van der Waals surface area contributed by atoms with Crippen LogP contribution in [0.15, 0.2) is 0 Å². The Morgan fingerprint density at radius 1 is 1.42 bits per heavy atom. The molecule has 0 spiro atoms. The smallest absolute Gasteiger partial charge is 0.224 e. The highest BCUT2D eigenvalue weighted by Crippen LogP contribution is 2.16. The van der Waals surface area contributed by atoms with E-state index in [1.165, 1.54) is 0 Å². The highest BCUT2D eigenvalue weighted by molar-refractivity contribution is 5.85. The zero-order valence-electron chi connectivity index (χ0n) is 12.4. The molecule has 0 radical (unpaired) electrons. The van der Waals surface area contributed by atoms with Gasteiger partial charge in [-0.05, 0) is 38.1 Å². The van der Waals surface area contributed by atoms with Gasteiger partial charge in [0.05, 0.1) is 19.1 Å². The van der Waals surface area contributed by atoms with E-state index in [0.29, 0.717) is 31.4 Å². The third-order valence-corrected chi connectivity index (χ3v) is 3.49. The highest BCUT2D eigenvalue weighted by atomic mass is 35.5. The van der Waals surface area contributed by atoms with Crippen LogP contribution in [0.1, 0.15) is 40.0 Å². The van der Waals surface area contributed by atoms with Gasteiger partial charge < -0.3 is 15.4 Å². The van der Waals surface area contributed by atoms with Crippen molar-refractivity contribution >= 4 is 18.3 Å². The van der Waals surface area contributed by atoms with Crippen LogP contribution in [-0.2, 0) is 9.53 Å². The van der Waals surface area contributed by atoms with Gasteiger partial charge in [0.25, 0.3) is 0 Å². The molecule has 2 unspecified atom stereocenters. The lowest BCUT2D eigenvalue weighted by Gasteiger charge is -2.18. The minimum Gasteiger partial charge on any atom is -0.378 e. The van der Waals surface area contributed by atoms with Crippen LogP contribution in [0.25, 0.3) is 0 Å². The lowest BCUT2D eigenvalue weighted by atomic mass is 10.1. The molecular weight excluding hydrogens is 264 g/mol. The number of amides is 1. The van der Waals surface area contributed by atoms with Gasteiger partial charge >= 0.3 is 0 Å². The Balaban J connectivity index is 0.00000324. The molecule has 1 aliphatic heterocycles. The van der Waals surface area contributed by atoms with Gasteiger partial charge in [0, 0.05) is 13.1 Å². The molecular formula is C14H29ClN2O2. The second kappa shape index (κ2) is 9.56. The Labute approximate surface area is 123 Å². The number of hydrogen-bond acceptors (Lipinski definition) is 3. The van der Waals surface area contributed by atoms with E-state index in [0.717, 1.165) is 25.9 Å². The molecule has 1 fully saturated rings. The van der Waals surface area contributed by atoms with Gasteiger partial charge in [-0.2, -0.15) is 0 Å². The van der Waals surface area contributed by atoms with E-state index in [2.05, 4.69) is 20.8 Å². The van der Waals surface area contributed by atoms with Crippen LogP contribution in [0.5, 0.6) is 0 Å². The zero-order valence-corrected chi connectivity index (χ0v) is 13.2. The average Bonchev–Trinajstić information content (AvgIpc) is 2.76. The fourth-order valence-electron chi connectivity index (χ4n) is 2.49. The number of nitrogens with two attached hydrogens (primary N) is 1. The summed E-state index contributed by atoms with van der Waals surface area (Å²) >= 11 is 0. The molecule has 0 aromatic carbocycles. The topological polar surface area (TPSA) is 55.6 Å². The van der Waals surface area contributed by atoms with Gasteiger partial charge in [-0.3, -0.25) is 4.79 Å². The molecule has 0 aromatic rings. The SMILES string of the molecule is CC(C)CC(C)OCCC(=O)N1CCC(CN)C1.Cl. The van der Waals surface area contributed by atoms with Crippen molar-refractivity contribution in [1.29, 1.82) is 0 Å². The lowest BCUT2D eigenvalue weighted by Crippen LogP contribution is -2.30. The molecule has 1 saturated heterocycles. The third kappa shape index (κ3) is 7.14. The number of nitrogens with zero attached hydrogens (tertiary/aromatic N) is 1. The third-order valence-electron chi connectivity index (χ3n) is 3.49. The molecule has 1 amide bonds. The van der Waals surface area contributed by atoms with Gasteiger partial charge in [-0.15, -0.1) is 12.4 Å². The minimum absolute atomic E-state index is 0. The first-order valence-electron chi connectivity index (χ1n) is 7.12. The molecule has 0 aliphatic carbocycles. The summed E-state index contributed by atoms with van der Waals surface area (Å²) in [5.41, 5.74) is 5.62. The van der Waals surface area contributed by atoms with E-state index < -0.39 is 0 Å². The van der Waals surface area contributed by atoms with Crippen LogP contribution in [0.3, 0.4) is 0 Å². The number of rotatable bonds is 7. The highest BCUT2D eigenvalue weighted by Gasteiger charge is 2.24. The summed E-state index contributed by atoms with van der Waals surface area (Å²) in [4.78, 5) is 13.8. The number of halogens is 1. The summed E-state index contributed by atoms with van der Waals surface area (Å²) in [5.74, 6) is 1.34. The van der Waals surface area contributed by atoms with Crippen molar-refractivity contribution in [3.63, 3.8) is 0 Å². The van der Waals surface area contributed by atoms with Crippen LogP contribution in [0, 0.1) is 11.8 Å². The number of ether oxygens (including phenoxy) is 1. The van der Waals surface area contributed by atoms with E-state index >= 15 is 0 Å². The van der Waals surface area contributed by atoms with Crippen LogP contribution >= 0.6 is 12.4 Å². The molecule has 2 N–H and O–H groups in total. The van der Waals surface area contributed by atoms with Crippen molar-refractivity contribution in [3.8, 4) is 0 Å². The molecule has 1 heterocycles. The fourth-order valence-corrected chi connectivity index (χ4v) is 2.49. The second-order valence-corrected chi connectivity index (χ2v) is 5.79. The Hall–Kier alpha value is -0.320. The number of likely N-dealkylation sites (tertiary alicyclic amines) is 1. The zero-order chi connectivity index (χ0) is 13.5. The number of hydrogen-bond donors (Lipinski definition) is 1. The molecule has 1 rings (SSSR count). The van der Waals surface area contributed by atoms with Gasteiger partial charge in [0.15, 0.2) is 0 Å². The molecule has 0 aromatic heterocycles. The van der Waals surface area contributed by atoms with E-state index in [1.807, 2.05) is 4.90 Å². The Bertz CT molecular complexity index is 262. The predicted octanol–water partition coefficient (Wildman–Crippen LogP) is 2.06. The van der Waals surface area contributed by atoms with E-state index in [4.69, 9.17) is 10.5 Å². The van der Waals surface area contributed by atoms with E-state index in [1.54, 1.807) is 0 Å². The van der Waals surface area contributed by atoms with Crippen molar-refractivity contribution in [2.45, 2.75) is 46.1 Å². The molecule has 5 heteroatoms. The number of carbonyl (C=O) groups is 1. The van der Waals surface area contributed by atoms with Crippen molar-refractivity contribution < 1.29 is 9.53 Å². The molecule has 19 heavy (non-hydrogen) atoms. The summed E-state index contributed by atoms with van der Waals surface area (Å²) in [6.07, 6.45) is 2.84. The Morgan fingerprint density at radius 2 is 2.11 bits per heavy atom. The normalized spacial score (nSPS) is 20.5. The molecule has 114 valence electrons. The van der Waals surface area contributed by atoms with Gasteiger partial charge in [0.2, 0.25) is 5.91 Å². The lowest BCUT2D eigenvalue weighted by molar-refractivity contribution is -0.131. The molecule has 2 atom stereocenters. The molecule has 1 aliphatic rings. The van der Waals surface area contributed by atoms with Crippen LogP contribution in [-0.4, -0.2) is 43.2 Å². The summed E-state index contributed by atoms with van der Waals surface area (Å²) in [7, 11) is 0. The summed E-state index contributed by atoms with van der Waals surface area (Å²) in [6.45, 7) is 9.36. The maximum absolute atomic E-state index is 11.9. The average molecular weight is 293 g/mol. The van der Waals surface area contributed by atoms with Crippen molar-refractivity contribution in [2.24, 2.45) is 17.6 Å². The van der Waals surface area contributed by atoms with Crippen molar-refractivity contribution in [2.75, 3.05) is 26.2 Å². The molecule has 4 nitrogen and oxygen atoms in total. The predicted molar refractivity (Wildman–Crippen MR) is 80.5 cm³/mol. The minimum atomic E-state index is 0. The van der Waals surface area contributed by atoms with Gasteiger partial charge in [-0.1, -0.05) is 13.8 Å². The van der Waals surface area contributed by atoms with E-state index in [9.17, 15) is 4.79 Å². The first kappa shape index (κ1) is 18.7. The largest absolute Gasteiger partial charge is 0.378 e. The summed E-state index contributed by atoms with van der Waals surface area (Å²) in [5, 5.41) is 0. The first-order chi connectivity index (χ1) is 8.52. The van der Waals surface area contributed by atoms with Crippen molar-refractivity contribution in [1.82, 2.24) is 4.90 Å². The summed E-state index contributed by atoms with van der Waals surface area (Å²) in [6, 6.07) is 0. The quantitative estimate of drug-likeness (QED) is 0.781. The second-order valence-electron chi connectivity index (χ2n) is 5.79. The Morgan fingerprint density at radius 3 is 2.63 bits per heavy atom. The number of carbonyl (C=O) groups excluding carboxylic acids is 1. The summed E-state index contributed by atoms with van der Waals surface area (Å²) < 4.78 is 5.66.